The van der Waals surface area contributed by atoms with Crippen molar-refractivity contribution in [1.82, 2.24) is 9.88 Å². The first-order valence-electron chi connectivity index (χ1n) is 11.6. The van der Waals surface area contributed by atoms with Gasteiger partial charge in [0.2, 0.25) is 0 Å². The number of ether oxygens (including phenoxy) is 1. The SMILES string of the molecule is CC(CN(CCCOc1cccc2[nH]ccc12)Cc1cccc(C(F)(F)F)c1Cl)c1ccccc1. The van der Waals surface area contributed by atoms with E-state index < -0.39 is 11.7 Å². The Hall–Kier alpha value is -2.96. The Kier molecular flexibility index (Phi) is 8.04. The average Bonchev–Trinajstić information content (AvgIpc) is 3.32. The van der Waals surface area contributed by atoms with E-state index in [0.29, 0.717) is 31.8 Å². The zero-order chi connectivity index (χ0) is 24.8. The lowest BCUT2D eigenvalue weighted by atomic mass is 10.00. The van der Waals surface area contributed by atoms with Crippen LogP contribution in [0.1, 0.15) is 36.0 Å². The van der Waals surface area contributed by atoms with E-state index in [4.69, 9.17) is 16.3 Å². The van der Waals surface area contributed by atoms with Gasteiger partial charge in [-0.3, -0.25) is 4.90 Å². The molecular weight excluding hydrogens is 473 g/mol. The van der Waals surface area contributed by atoms with Crippen molar-refractivity contribution in [2.24, 2.45) is 0 Å². The lowest BCUT2D eigenvalue weighted by Gasteiger charge is -2.27. The van der Waals surface area contributed by atoms with Crippen LogP contribution in [0.4, 0.5) is 13.2 Å². The Morgan fingerprint density at radius 1 is 0.971 bits per heavy atom. The Labute approximate surface area is 208 Å². The maximum atomic E-state index is 13.4. The lowest BCUT2D eigenvalue weighted by molar-refractivity contribution is -0.137. The van der Waals surface area contributed by atoms with Crippen LogP contribution < -0.4 is 4.74 Å². The number of alkyl halides is 3. The van der Waals surface area contributed by atoms with Gasteiger partial charge in [0.25, 0.3) is 0 Å². The van der Waals surface area contributed by atoms with Crippen LogP contribution in [0.15, 0.2) is 79.0 Å². The molecule has 1 unspecified atom stereocenters. The van der Waals surface area contributed by atoms with Gasteiger partial charge in [-0.15, -0.1) is 0 Å². The number of nitrogens with one attached hydrogen (secondary N) is 1. The minimum Gasteiger partial charge on any atom is -0.493 e. The van der Waals surface area contributed by atoms with Crippen molar-refractivity contribution in [3.05, 3.63) is 101 Å². The molecule has 7 heteroatoms. The molecule has 0 saturated heterocycles. The van der Waals surface area contributed by atoms with Gasteiger partial charge in [0.05, 0.1) is 17.2 Å². The third-order valence-electron chi connectivity index (χ3n) is 6.11. The van der Waals surface area contributed by atoms with E-state index in [9.17, 15) is 13.2 Å². The standard InChI is InChI=1S/C28H28ClF3N2O/c1-20(21-8-3-2-4-9-21)18-34(19-22-10-5-11-24(27(22)29)28(30,31)32)16-7-17-35-26-13-6-12-25-23(26)14-15-33-25/h2-6,8-15,20,33H,7,16-19H2,1H3. The highest BCUT2D eigenvalue weighted by Gasteiger charge is 2.34. The Balaban J connectivity index is 1.45. The summed E-state index contributed by atoms with van der Waals surface area (Å²) in [4.78, 5) is 5.32. The van der Waals surface area contributed by atoms with Gasteiger partial charge in [0.1, 0.15) is 5.75 Å². The van der Waals surface area contributed by atoms with E-state index in [0.717, 1.165) is 29.1 Å². The molecule has 3 nitrogen and oxygen atoms in total. The van der Waals surface area contributed by atoms with E-state index in [1.165, 1.54) is 11.6 Å². The summed E-state index contributed by atoms with van der Waals surface area (Å²) in [5, 5.41) is 0.797. The predicted octanol–water partition coefficient (Wildman–Crippen LogP) is 7.91. The molecule has 0 fully saturated rings. The second-order valence-corrected chi connectivity index (χ2v) is 9.10. The highest BCUT2D eigenvalue weighted by atomic mass is 35.5. The summed E-state index contributed by atoms with van der Waals surface area (Å²) >= 11 is 6.20. The van der Waals surface area contributed by atoms with Gasteiger partial charge < -0.3 is 9.72 Å². The number of nitrogens with zero attached hydrogens (tertiary/aromatic N) is 1. The van der Waals surface area contributed by atoms with Gasteiger partial charge in [-0.1, -0.05) is 67.1 Å². The molecule has 3 aromatic carbocycles. The molecule has 0 aliphatic heterocycles. The van der Waals surface area contributed by atoms with Gasteiger partial charge >= 0.3 is 6.18 Å². The fourth-order valence-electron chi connectivity index (χ4n) is 4.32. The predicted molar refractivity (Wildman–Crippen MR) is 135 cm³/mol. The number of benzene rings is 3. The van der Waals surface area contributed by atoms with Gasteiger partial charge in [-0.05, 0) is 47.7 Å². The summed E-state index contributed by atoms with van der Waals surface area (Å²) in [7, 11) is 0. The molecule has 1 N–H and O–H groups in total. The smallest absolute Gasteiger partial charge is 0.417 e. The summed E-state index contributed by atoms with van der Waals surface area (Å²) in [6.07, 6.45) is -1.88. The molecule has 0 amide bonds. The molecule has 184 valence electrons. The molecule has 0 saturated carbocycles. The Bertz CT molecular complexity index is 1240. The molecule has 35 heavy (non-hydrogen) atoms. The Morgan fingerprint density at radius 2 is 1.74 bits per heavy atom. The van der Waals surface area contributed by atoms with E-state index in [1.807, 2.05) is 48.7 Å². The monoisotopic (exact) mass is 500 g/mol. The van der Waals surface area contributed by atoms with Crippen molar-refractivity contribution in [3.8, 4) is 5.75 Å². The van der Waals surface area contributed by atoms with Crippen molar-refractivity contribution < 1.29 is 17.9 Å². The normalized spacial score (nSPS) is 12.9. The number of fused-ring (bicyclic) bond motifs is 1. The molecule has 1 atom stereocenters. The molecule has 1 aromatic heterocycles. The molecule has 4 rings (SSSR count). The minimum absolute atomic E-state index is 0.204. The number of aromatic amines is 1. The van der Waals surface area contributed by atoms with Crippen LogP contribution in [0.3, 0.4) is 0 Å². The van der Waals surface area contributed by atoms with Crippen LogP contribution in [0.5, 0.6) is 5.75 Å². The second kappa shape index (κ2) is 11.2. The topological polar surface area (TPSA) is 28.3 Å². The first kappa shape index (κ1) is 25.1. The number of aromatic nitrogens is 1. The number of hydrogen-bond donors (Lipinski definition) is 1. The van der Waals surface area contributed by atoms with Crippen molar-refractivity contribution in [1.29, 1.82) is 0 Å². The summed E-state index contributed by atoms with van der Waals surface area (Å²) in [6, 6.07) is 22.1. The largest absolute Gasteiger partial charge is 0.493 e. The summed E-state index contributed by atoms with van der Waals surface area (Å²) in [5.74, 6) is 1.02. The number of H-pyrrole nitrogens is 1. The first-order valence-corrected chi connectivity index (χ1v) is 12.0. The summed E-state index contributed by atoms with van der Waals surface area (Å²) < 4.78 is 46.2. The van der Waals surface area contributed by atoms with E-state index in [2.05, 4.69) is 28.9 Å². The fourth-order valence-corrected chi connectivity index (χ4v) is 4.62. The lowest BCUT2D eigenvalue weighted by Crippen LogP contribution is -2.30. The maximum Gasteiger partial charge on any atom is 0.417 e. The third kappa shape index (κ3) is 6.38. The molecule has 0 aliphatic rings. The highest BCUT2D eigenvalue weighted by Crippen LogP contribution is 2.36. The van der Waals surface area contributed by atoms with Crippen LogP contribution in [0.2, 0.25) is 5.02 Å². The Morgan fingerprint density at radius 3 is 2.51 bits per heavy atom. The molecule has 1 heterocycles. The highest BCUT2D eigenvalue weighted by molar-refractivity contribution is 6.32. The van der Waals surface area contributed by atoms with Crippen molar-refractivity contribution >= 4 is 22.5 Å². The molecule has 0 spiro atoms. The van der Waals surface area contributed by atoms with Crippen LogP contribution in [0, 0.1) is 0 Å². The molecule has 0 bridgehead atoms. The van der Waals surface area contributed by atoms with Gasteiger partial charge in [0, 0.05) is 36.7 Å². The molecule has 4 aromatic rings. The zero-order valence-electron chi connectivity index (χ0n) is 19.5. The van der Waals surface area contributed by atoms with E-state index in [-0.39, 0.29) is 10.9 Å². The van der Waals surface area contributed by atoms with Crippen molar-refractivity contribution in [2.45, 2.75) is 32.0 Å². The fraction of sp³-hybridized carbons (Fsp3) is 0.286. The molecular formula is C28H28ClF3N2O. The first-order chi connectivity index (χ1) is 16.8. The van der Waals surface area contributed by atoms with Crippen molar-refractivity contribution in [2.75, 3.05) is 19.7 Å². The molecule has 0 aliphatic carbocycles. The van der Waals surface area contributed by atoms with Crippen molar-refractivity contribution in [3.63, 3.8) is 0 Å². The minimum atomic E-state index is -4.48. The quantitative estimate of drug-likeness (QED) is 0.224. The van der Waals surface area contributed by atoms with E-state index in [1.54, 1.807) is 6.07 Å². The summed E-state index contributed by atoms with van der Waals surface area (Å²) in [6.45, 7) is 4.29. The third-order valence-corrected chi connectivity index (χ3v) is 6.56. The van der Waals surface area contributed by atoms with Crippen LogP contribution in [-0.4, -0.2) is 29.6 Å². The summed E-state index contributed by atoms with van der Waals surface area (Å²) in [5.41, 5.74) is 1.87. The van der Waals surface area contributed by atoms with Crippen LogP contribution >= 0.6 is 11.6 Å². The maximum absolute atomic E-state index is 13.4. The number of hydrogen-bond acceptors (Lipinski definition) is 2. The average molecular weight is 501 g/mol. The van der Waals surface area contributed by atoms with Gasteiger partial charge in [-0.2, -0.15) is 13.2 Å². The van der Waals surface area contributed by atoms with Crippen LogP contribution in [-0.2, 0) is 12.7 Å². The number of rotatable bonds is 10. The van der Waals surface area contributed by atoms with Gasteiger partial charge in [0.15, 0.2) is 0 Å². The number of halogens is 4. The zero-order valence-corrected chi connectivity index (χ0v) is 20.2. The van der Waals surface area contributed by atoms with E-state index >= 15 is 0 Å². The van der Waals surface area contributed by atoms with Crippen LogP contribution in [0.25, 0.3) is 10.9 Å². The molecule has 0 radical (unpaired) electrons. The second-order valence-electron chi connectivity index (χ2n) is 8.72. The van der Waals surface area contributed by atoms with Gasteiger partial charge in [-0.25, -0.2) is 0 Å².